The van der Waals surface area contributed by atoms with Crippen LogP contribution in [0.25, 0.3) is 66.5 Å². The minimum absolute atomic E-state index is 0.0982. The topological polar surface area (TPSA) is 34.8 Å². The zero-order valence-electron chi connectivity index (χ0n) is 23.9. The fourth-order valence-electron chi connectivity index (χ4n) is 6.76. The monoisotopic (exact) mass is 564 g/mol. The summed E-state index contributed by atoms with van der Waals surface area (Å²) in [6, 6.07) is 49.5. The standard InChI is InChI=1S/C40H28N4/c1-3-13-27(14-4-1)33-19-11-23-39(41-33)43-35-21-9-7-17-29(35)31-26-38-32(25-37(31)43)30-18-8-10-22-36(30)44(38)40-24-12-20-34(42-40)28-15-5-2-6-16-28/h1-26,33,41H. The molecule has 0 saturated carbocycles. The van der Waals surface area contributed by atoms with Crippen LogP contribution in [0.5, 0.6) is 0 Å². The lowest BCUT2D eigenvalue weighted by Gasteiger charge is -2.24. The van der Waals surface area contributed by atoms with Gasteiger partial charge in [0.05, 0.1) is 33.8 Å². The molecule has 0 radical (unpaired) electrons. The SMILES string of the molecule is C1=CC(c2ccccc2)NC(n2c3ccccc3c3cc4c(cc32)c2ccccc2n4-c2cccc(-c3ccccc3)n2)=C1. The largest absolute Gasteiger partial charge is 0.361 e. The van der Waals surface area contributed by atoms with Crippen LogP contribution < -0.4 is 5.32 Å². The van der Waals surface area contributed by atoms with Gasteiger partial charge in [0.15, 0.2) is 0 Å². The van der Waals surface area contributed by atoms with E-state index in [9.17, 15) is 0 Å². The second-order valence-electron chi connectivity index (χ2n) is 11.3. The summed E-state index contributed by atoms with van der Waals surface area (Å²) in [5.74, 6) is 1.97. The third kappa shape index (κ3) is 3.81. The number of nitrogens with one attached hydrogen (secondary N) is 1. The van der Waals surface area contributed by atoms with Gasteiger partial charge in [-0.3, -0.25) is 9.13 Å². The van der Waals surface area contributed by atoms with Gasteiger partial charge in [-0.25, -0.2) is 4.98 Å². The number of benzene rings is 5. The first-order chi connectivity index (χ1) is 21.8. The van der Waals surface area contributed by atoms with Gasteiger partial charge >= 0.3 is 0 Å². The van der Waals surface area contributed by atoms with Crippen LogP contribution in [0.3, 0.4) is 0 Å². The highest BCUT2D eigenvalue weighted by Crippen LogP contribution is 2.39. The average molecular weight is 565 g/mol. The van der Waals surface area contributed by atoms with Crippen LogP contribution in [0, 0.1) is 0 Å². The van der Waals surface area contributed by atoms with Crippen molar-refractivity contribution in [2.24, 2.45) is 0 Å². The van der Waals surface area contributed by atoms with Gasteiger partial charge in [0.1, 0.15) is 11.6 Å². The van der Waals surface area contributed by atoms with Crippen molar-refractivity contribution in [1.29, 1.82) is 0 Å². The summed E-state index contributed by atoms with van der Waals surface area (Å²) in [7, 11) is 0. The van der Waals surface area contributed by atoms with Gasteiger partial charge in [0.25, 0.3) is 0 Å². The summed E-state index contributed by atoms with van der Waals surface area (Å²) >= 11 is 0. The zero-order chi connectivity index (χ0) is 29.0. The summed E-state index contributed by atoms with van der Waals surface area (Å²) in [6.07, 6.45) is 6.56. The summed E-state index contributed by atoms with van der Waals surface area (Å²) in [4.78, 5) is 5.17. The summed E-state index contributed by atoms with van der Waals surface area (Å²) in [5.41, 5.74) is 7.95. The van der Waals surface area contributed by atoms with E-state index in [-0.39, 0.29) is 6.04 Å². The quantitative estimate of drug-likeness (QED) is 0.231. The highest BCUT2D eigenvalue weighted by Gasteiger charge is 2.21. The lowest BCUT2D eigenvalue weighted by Crippen LogP contribution is -2.23. The normalized spacial score (nSPS) is 14.8. The number of allylic oxidation sites excluding steroid dienone is 2. The van der Waals surface area contributed by atoms with Crippen LogP contribution in [-0.2, 0) is 0 Å². The Hall–Kier alpha value is -5.87. The Labute approximate surface area is 254 Å². The summed E-state index contributed by atoms with van der Waals surface area (Å²) in [6.45, 7) is 0. The molecule has 8 aromatic rings. The molecule has 3 aromatic heterocycles. The molecule has 9 rings (SSSR count). The summed E-state index contributed by atoms with van der Waals surface area (Å²) in [5, 5.41) is 8.67. The molecule has 1 aliphatic rings. The molecule has 0 amide bonds. The second kappa shape index (κ2) is 9.85. The van der Waals surface area contributed by atoms with Crippen LogP contribution in [0.4, 0.5) is 0 Å². The molecule has 4 heterocycles. The number of fused-ring (bicyclic) bond motifs is 6. The Bertz CT molecular complexity index is 2410. The molecule has 44 heavy (non-hydrogen) atoms. The molecule has 0 spiro atoms. The molecule has 1 N–H and O–H groups in total. The predicted octanol–water partition coefficient (Wildman–Crippen LogP) is 9.65. The van der Waals surface area contributed by atoms with Crippen LogP contribution in [0.15, 0.2) is 158 Å². The number of pyridine rings is 1. The van der Waals surface area contributed by atoms with Gasteiger partial charge in [-0.1, -0.05) is 115 Å². The van der Waals surface area contributed by atoms with Gasteiger partial charge in [0, 0.05) is 27.1 Å². The van der Waals surface area contributed by atoms with E-state index in [1.807, 2.05) is 6.07 Å². The van der Waals surface area contributed by atoms with Gasteiger partial charge in [-0.15, -0.1) is 0 Å². The fraction of sp³-hybridized carbons (Fsp3) is 0.0250. The fourth-order valence-corrected chi connectivity index (χ4v) is 6.76. The third-order valence-electron chi connectivity index (χ3n) is 8.76. The van der Waals surface area contributed by atoms with Crippen molar-refractivity contribution in [2.45, 2.75) is 6.04 Å². The van der Waals surface area contributed by atoms with Crippen molar-refractivity contribution in [2.75, 3.05) is 0 Å². The Kier molecular flexibility index (Phi) is 5.53. The van der Waals surface area contributed by atoms with Gasteiger partial charge in [0.2, 0.25) is 0 Å². The van der Waals surface area contributed by atoms with Crippen molar-refractivity contribution >= 4 is 49.4 Å². The van der Waals surface area contributed by atoms with E-state index in [1.165, 1.54) is 38.1 Å². The van der Waals surface area contributed by atoms with E-state index in [2.05, 4.69) is 166 Å². The number of hydrogen-bond acceptors (Lipinski definition) is 2. The molecule has 5 aromatic carbocycles. The third-order valence-corrected chi connectivity index (χ3v) is 8.76. The number of hydrogen-bond donors (Lipinski definition) is 1. The molecule has 0 bridgehead atoms. The van der Waals surface area contributed by atoms with Crippen LogP contribution >= 0.6 is 0 Å². The van der Waals surface area contributed by atoms with Crippen molar-refractivity contribution in [3.05, 3.63) is 163 Å². The van der Waals surface area contributed by atoms with Crippen LogP contribution in [0.2, 0.25) is 0 Å². The number of dihydropyridines is 1. The lowest BCUT2D eigenvalue weighted by atomic mass is 10.0. The molecule has 208 valence electrons. The first-order valence-corrected chi connectivity index (χ1v) is 15.0. The second-order valence-corrected chi connectivity index (χ2v) is 11.3. The van der Waals surface area contributed by atoms with E-state index in [1.54, 1.807) is 0 Å². The smallest absolute Gasteiger partial charge is 0.138 e. The lowest BCUT2D eigenvalue weighted by molar-refractivity contribution is 0.736. The number of rotatable bonds is 4. The minimum atomic E-state index is 0.0982. The van der Waals surface area contributed by atoms with Crippen molar-refractivity contribution in [3.63, 3.8) is 0 Å². The van der Waals surface area contributed by atoms with E-state index >= 15 is 0 Å². The van der Waals surface area contributed by atoms with Gasteiger partial charge in [-0.05, 0) is 48.0 Å². The highest BCUT2D eigenvalue weighted by molar-refractivity contribution is 6.19. The van der Waals surface area contributed by atoms with E-state index < -0.39 is 0 Å². The van der Waals surface area contributed by atoms with Crippen LogP contribution in [0.1, 0.15) is 11.6 Å². The van der Waals surface area contributed by atoms with Crippen molar-refractivity contribution in [1.82, 2.24) is 19.4 Å². The van der Waals surface area contributed by atoms with E-state index in [0.717, 1.165) is 33.9 Å². The highest BCUT2D eigenvalue weighted by atomic mass is 15.2. The maximum Gasteiger partial charge on any atom is 0.138 e. The van der Waals surface area contributed by atoms with Crippen molar-refractivity contribution in [3.8, 4) is 17.1 Å². The maximum absolute atomic E-state index is 5.17. The molecule has 4 heteroatoms. The van der Waals surface area contributed by atoms with Gasteiger partial charge in [-0.2, -0.15) is 0 Å². The molecule has 1 atom stereocenters. The van der Waals surface area contributed by atoms with Crippen LogP contribution in [-0.4, -0.2) is 14.1 Å². The summed E-state index contributed by atoms with van der Waals surface area (Å²) < 4.78 is 4.69. The Balaban J connectivity index is 1.29. The average Bonchev–Trinajstić information content (AvgIpc) is 3.60. The molecular formula is C40H28N4. The molecule has 0 aliphatic carbocycles. The number of aromatic nitrogens is 3. The molecule has 4 nitrogen and oxygen atoms in total. The molecule has 1 aliphatic heterocycles. The van der Waals surface area contributed by atoms with Crippen molar-refractivity contribution < 1.29 is 0 Å². The Morgan fingerprint density at radius 3 is 1.86 bits per heavy atom. The van der Waals surface area contributed by atoms with Gasteiger partial charge < -0.3 is 5.32 Å². The molecule has 0 fully saturated rings. The zero-order valence-corrected chi connectivity index (χ0v) is 23.9. The molecular weight excluding hydrogens is 536 g/mol. The first kappa shape index (κ1) is 24.7. The van der Waals surface area contributed by atoms with E-state index in [0.29, 0.717) is 0 Å². The maximum atomic E-state index is 5.17. The molecule has 1 unspecified atom stereocenters. The van der Waals surface area contributed by atoms with E-state index in [4.69, 9.17) is 4.98 Å². The molecule has 0 saturated heterocycles. The predicted molar refractivity (Wildman–Crippen MR) is 183 cm³/mol. The minimum Gasteiger partial charge on any atom is -0.361 e. The Morgan fingerprint density at radius 2 is 1.14 bits per heavy atom. The number of nitrogens with zero attached hydrogens (tertiary/aromatic N) is 3. The number of para-hydroxylation sites is 2. The first-order valence-electron chi connectivity index (χ1n) is 15.0. The Morgan fingerprint density at radius 1 is 0.523 bits per heavy atom.